The molecule has 0 saturated carbocycles. The van der Waals surface area contributed by atoms with Gasteiger partial charge in [-0.2, -0.15) is 0 Å². The molecule has 152 valence electrons. The Labute approximate surface area is 170 Å². The smallest absolute Gasteiger partial charge is 0.256 e. The van der Waals surface area contributed by atoms with Crippen molar-refractivity contribution in [2.75, 3.05) is 5.32 Å². The van der Waals surface area contributed by atoms with E-state index in [1.807, 2.05) is 24.4 Å². The summed E-state index contributed by atoms with van der Waals surface area (Å²) in [4.78, 5) is 19.1. The summed E-state index contributed by atoms with van der Waals surface area (Å²) in [6, 6.07) is 11.6. The van der Waals surface area contributed by atoms with Gasteiger partial charge in [0.2, 0.25) is 5.82 Å². The molecule has 0 bridgehead atoms. The third-order valence-corrected chi connectivity index (χ3v) is 5.43. The van der Waals surface area contributed by atoms with Crippen LogP contribution in [-0.2, 0) is 0 Å². The van der Waals surface area contributed by atoms with Gasteiger partial charge in [0.25, 0.3) is 5.91 Å². The standard InChI is InChI=1S/C21H11F5N2OS/c1-9-6-7-14(30-9)13-8-11(10-4-2-3-5-12(10)27-13)21(29)28-20-18(25)16(23)15(22)17(24)19(20)26/h2-8H,1H3,(H,28,29). The van der Waals surface area contributed by atoms with Gasteiger partial charge in [-0.15, -0.1) is 11.3 Å². The number of fused-ring (bicyclic) bond motifs is 1. The number of carbonyl (C=O) groups is 1. The summed E-state index contributed by atoms with van der Waals surface area (Å²) in [6.07, 6.45) is 0. The van der Waals surface area contributed by atoms with Crippen molar-refractivity contribution in [1.29, 1.82) is 0 Å². The second-order valence-corrected chi connectivity index (χ2v) is 7.67. The van der Waals surface area contributed by atoms with Gasteiger partial charge < -0.3 is 5.32 Å². The molecule has 3 nitrogen and oxygen atoms in total. The lowest BCUT2D eigenvalue weighted by molar-refractivity contribution is 0.102. The fourth-order valence-electron chi connectivity index (χ4n) is 2.96. The molecule has 0 radical (unpaired) electrons. The van der Waals surface area contributed by atoms with E-state index in [1.165, 1.54) is 17.4 Å². The van der Waals surface area contributed by atoms with Crippen molar-refractivity contribution >= 4 is 33.8 Å². The molecule has 1 N–H and O–H groups in total. The molecule has 0 aliphatic carbocycles. The molecule has 4 aromatic rings. The summed E-state index contributed by atoms with van der Waals surface area (Å²) in [7, 11) is 0. The first-order valence-corrected chi connectivity index (χ1v) is 9.39. The molecule has 9 heteroatoms. The van der Waals surface area contributed by atoms with Crippen LogP contribution in [-0.4, -0.2) is 10.9 Å². The monoisotopic (exact) mass is 434 g/mol. The maximum atomic E-state index is 14.0. The minimum Gasteiger partial charge on any atom is -0.317 e. The van der Waals surface area contributed by atoms with Gasteiger partial charge in [0.05, 0.1) is 21.7 Å². The molecule has 0 unspecified atom stereocenters. The summed E-state index contributed by atoms with van der Waals surface area (Å²) in [5.41, 5.74) is -0.561. The highest BCUT2D eigenvalue weighted by Crippen LogP contribution is 2.31. The van der Waals surface area contributed by atoms with Crippen LogP contribution in [0.4, 0.5) is 27.6 Å². The molecular formula is C21H11F5N2OS. The van der Waals surface area contributed by atoms with Gasteiger partial charge in [0.15, 0.2) is 23.3 Å². The fourth-order valence-corrected chi connectivity index (χ4v) is 3.79. The van der Waals surface area contributed by atoms with Crippen molar-refractivity contribution in [2.45, 2.75) is 6.92 Å². The number of halogens is 5. The first-order chi connectivity index (χ1) is 14.3. The van der Waals surface area contributed by atoms with E-state index in [2.05, 4.69) is 4.98 Å². The second kappa shape index (κ2) is 7.49. The number of thiophene rings is 1. The highest BCUT2D eigenvalue weighted by atomic mass is 32.1. The van der Waals surface area contributed by atoms with Gasteiger partial charge in [-0.3, -0.25) is 4.79 Å². The van der Waals surface area contributed by atoms with Crippen molar-refractivity contribution in [1.82, 2.24) is 4.98 Å². The van der Waals surface area contributed by atoms with Crippen LogP contribution in [0, 0.1) is 36.0 Å². The number of aryl methyl sites for hydroxylation is 1. The van der Waals surface area contributed by atoms with Crippen molar-refractivity contribution in [2.24, 2.45) is 0 Å². The molecule has 0 spiro atoms. The number of carbonyl (C=O) groups excluding carboxylic acids is 1. The summed E-state index contributed by atoms with van der Waals surface area (Å²) in [5.74, 6) is -11.9. The Morgan fingerprint density at radius 1 is 0.900 bits per heavy atom. The Bertz CT molecular complexity index is 1290. The lowest BCUT2D eigenvalue weighted by Gasteiger charge is -2.12. The van der Waals surface area contributed by atoms with Gasteiger partial charge in [-0.25, -0.2) is 26.9 Å². The normalized spacial score (nSPS) is 11.1. The Kier molecular flexibility index (Phi) is 4.98. The van der Waals surface area contributed by atoms with Crippen LogP contribution < -0.4 is 5.32 Å². The number of nitrogens with zero attached hydrogens (tertiary/aromatic N) is 1. The molecule has 30 heavy (non-hydrogen) atoms. The SMILES string of the molecule is Cc1ccc(-c2cc(C(=O)Nc3c(F)c(F)c(F)c(F)c3F)c3ccccc3n2)s1. The fraction of sp³-hybridized carbons (Fsp3) is 0.0476. The summed E-state index contributed by atoms with van der Waals surface area (Å²) >= 11 is 1.43. The number of benzene rings is 2. The highest BCUT2D eigenvalue weighted by Gasteiger charge is 2.27. The number of anilines is 1. The topological polar surface area (TPSA) is 42.0 Å². The van der Waals surface area contributed by atoms with Crippen LogP contribution in [0.2, 0.25) is 0 Å². The summed E-state index contributed by atoms with van der Waals surface area (Å²) in [5, 5.41) is 2.18. The lowest BCUT2D eigenvalue weighted by atomic mass is 10.1. The Morgan fingerprint density at radius 3 is 2.17 bits per heavy atom. The largest absolute Gasteiger partial charge is 0.317 e. The molecule has 0 aliphatic heterocycles. The van der Waals surface area contributed by atoms with Crippen LogP contribution in [0.15, 0.2) is 42.5 Å². The maximum absolute atomic E-state index is 14.0. The molecule has 1 amide bonds. The van der Waals surface area contributed by atoms with Crippen molar-refractivity contribution < 1.29 is 26.7 Å². The molecule has 0 atom stereocenters. The predicted molar refractivity (Wildman–Crippen MR) is 104 cm³/mol. The van der Waals surface area contributed by atoms with Gasteiger partial charge in [-0.1, -0.05) is 18.2 Å². The van der Waals surface area contributed by atoms with Crippen LogP contribution in [0.5, 0.6) is 0 Å². The predicted octanol–water partition coefficient (Wildman–Crippen LogP) is 6.22. The van der Waals surface area contributed by atoms with E-state index in [9.17, 15) is 26.7 Å². The molecule has 2 aromatic carbocycles. The minimum absolute atomic E-state index is 0.0226. The number of pyridine rings is 1. The number of para-hydroxylation sites is 1. The van der Waals surface area contributed by atoms with Gasteiger partial charge in [0.1, 0.15) is 5.69 Å². The van der Waals surface area contributed by atoms with Crippen molar-refractivity contribution in [3.63, 3.8) is 0 Å². The third kappa shape index (κ3) is 3.30. The van der Waals surface area contributed by atoms with E-state index in [0.717, 1.165) is 9.75 Å². The number of amides is 1. The van der Waals surface area contributed by atoms with Crippen LogP contribution in [0.3, 0.4) is 0 Å². The Hall–Kier alpha value is -3.33. The zero-order chi connectivity index (χ0) is 21.6. The second-order valence-electron chi connectivity index (χ2n) is 6.38. The van der Waals surface area contributed by atoms with Crippen molar-refractivity contribution in [3.05, 3.63) is 82.0 Å². The van der Waals surface area contributed by atoms with Gasteiger partial charge in [0, 0.05) is 10.3 Å². The first-order valence-electron chi connectivity index (χ1n) is 8.57. The van der Waals surface area contributed by atoms with E-state index in [1.54, 1.807) is 24.3 Å². The zero-order valence-electron chi connectivity index (χ0n) is 15.2. The average molecular weight is 434 g/mol. The van der Waals surface area contributed by atoms with Crippen LogP contribution in [0.25, 0.3) is 21.5 Å². The number of aromatic nitrogens is 1. The number of nitrogens with one attached hydrogen (secondary N) is 1. The van der Waals surface area contributed by atoms with E-state index >= 15 is 0 Å². The average Bonchev–Trinajstić information content (AvgIpc) is 3.19. The first kappa shape index (κ1) is 20.0. The molecule has 0 aliphatic rings. The maximum Gasteiger partial charge on any atom is 0.256 e. The summed E-state index contributed by atoms with van der Waals surface area (Å²) in [6.45, 7) is 1.89. The van der Waals surface area contributed by atoms with Gasteiger partial charge in [-0.05, 0) is 31.2 Å². The quantitative estimate of drug-likeness (QED) is 0.236. The van der Waals surface area contributed by atoms with Gasteiger partial charge >= 0.3 is 0 Å². The summed E-state index contributed by atoms with van der Waals surface area (Å²) < 4.78 is 68.2. The number of hydrogen-bond acceptors (Lipinski definition) is 3. The van der Waals surface area contributed by atoms with Crippen LogP contribution >= 0.6 is 11.3 Å². The zero-order valence-corrected chi connectivity index (χ0v) is 16.0. The van der Waals surface area contributed by atoms with E-state index in [0.29, 0.717) is 16.6 Å². The molecule has 0 saturated heterocycles. The molecular weight excluding hydrogens is 423 g/mol. The molecule has 2 heterocycles. The van der Waals surface area contributed by atoms with Crippen molar-refractivity contribution in [3.8, 4) is 10.6 Å². The van der Waals surface area contributed by atoms with E-state index in [4.69, 9.17) is 0 Å². The Balaban J connectivity index is 1.85. The van der Waals surface area contributed by atoms with E-state index in [-0.39, 0.29) is 5.56 Å². The number of rotatable bonds is 3. The van der Waals surface area contributed by atoms with Crippen LogP contribution in [0.1, 0.15) is 15.2 Å². The number of hydrogen-bond donors (Lipinski definition) is 1. The highest BCUT2D eigenvalue weighted by molar-refractivity contribution is 7.15. The Morgan fingerprint density at radius 2 is 1.53 bits per heavy atom. The molecule has 0 fully saturated rings. The molecule has 4 rings (SSSR count). The lowest BCUT2D eigenvalue weighted by Crippen LogP contribution is -2.17. The van der Waals surface area contributed by atoms with E-state index < -0.39 is 40.7 Å². The third-order valence-electron chi connectivity index (χ3n) is 4.40. The molecule has 2 aromatic heterocycles. The minimum atomic E-state index is -2.30.